The minimum atomic E-state index is 0.193. The van der Waals surface area contributed by atoms with Gasteiger partial charge in [-0.15, -0.1) is 11.8 Å². The van der Waals surface area contributed by atoms with E-state index in [2.05, 4.69) is 36.5 Å². The van der Waals surface area contributed by atoms with E-state index in [4.69, 9.17) is 0 Å². The highest BCUT2D eigenvalue weighted by Gasteiger charge is 2.41. The second-order valence-corrected chi connectivity index (χ2v) is 8.05. The maximum Gasteiger partial charge on any atom is 0.230 e. The Morgan fingerprint density at radius 1 is 1.30 bits per heavy atom. The summed E-state index contributed by atoms with van der Waals surface area (Å²) in [4.78, 5) is 12.1. The molecule has 1 N–H and O–H groups in total. The van der Waals surface area contributed by atoms with Crippen LogP contribution in [-0.4, -0.2) is 23.5 Å². The first-order valence-electron chi connectivity index (χ1n) is 8.81. The molecule has 1 aromatic rings. The molecule has 2 aliphatic carbocycles. The van der Waals surface area contributed by atoms with Gasteiger partial charge in [-0.25, -0.2) is 0 Å². The number of carbonyl (C=O) groups excluding carboxylic acids is 1. The molecule has 3 rings (SSSR count). The first-order valence-corrected chi connectivity index (χ1v) is 9.96. The first-order chi connectivity index (χ1) is 11.2. The van der Waals surface area contributed by atoms with Crippen molar-refractivity contribution in [3.05, 3.63) is 42.0 Å². The second-order valence-electron chi connectivity index (χ2n) is 7.02. The van der Waals surface area contributed by atoms with Crippen LogP contribution in [0.15, 0.2) is 36.4 Å². The maximum atomic E-state index is 12.1. The van der Waals surface area contributed by atoms with Crippen molar-refractivity contribution in [2.75, 3.05) is 11.5 Å². The Morgan fingerprint density at radius 3 is 2.83 bits per heavy atom. The molecule has 4 atom stereocenters. The summed E-state index contributed by atoms with van der Waals surface area (Å²) in [6.07, 6.45) is 9.79. The molecule has 1 aromatic carbocycles. The molecule has 0 saturated heterocycles. The molecule has 0 unspecified atom stereocenters. The van der Waals surface area contributed by atoms with E-state index in [-0.39, 0.29) is 5.91 Å². The van der Waals surface area contributed by atoms with E-state index in [1.165, 1.54) is 31.2 Å². The smallest absolute Gasteiger partial charge is 0.230 e. The SMILES string of the molecule is C[C@H](NC(=O)CSC/C=C/c1ccccc1)[C@@H]1C[C@H]2CC[C@H]1C2. The normalized spacial score (nSPS) is 27.4. The molecule has 0 aliphatic heterocycles. The van der Waals surface area contributed by atoms with Crippen molar-refractivity contribution >= 4 is 23.7 Å². The van der Waals surface area contributed by atoms with Crippen LogP contribution in [-0.2, 0) is 4.79 Å². The minimum absolute atomic E-state index is 0.193. The molecule has 0 radical (unpaired) electrons. The lowest BCUT2D eigenvalue weighted by molar-refractivity contribution is -0.119. The van der Waals surface area contributed by atoms with Crippen molar-refractivity contribution in [3.63, 3.8) is 0 Å². The van der Waals surface area contributed by atoms with E-state index in [1.807, 2.05) is 18.2 Å². The van der Waals surface area contributed by atoms with Gasteiger partial charge in [0.2, 0.25) is 5.91 Å². The van der Waals surface area contributed by atoms with Gasteiger partial charge >= 0.3 is 0 Å². The fraction of sp³-hybridized carbons (Fsp3) is 0.550. The van der Waals surface area contributed by atoms with Gasteiger partial charge in [0.1, 0.15) is 0 Å². The highest BCUT2D eigenvalue weighted by atomic mass is 32.2. The van der Waals surface area contributed by atoms with Crippen LogP contribution < -0.4 is 5.32 Å². The zero-order chi connectivity index (χ0) is 16.1. The molecular weight excluding hydrogens is 302 g/mol. The van der Waals surface area contributed by atoms with Crippen LogP contribution in [0.2, 0.25) is 0 Å². The van der Waals surface area contributed by atoms with E-state index in [0.29, 0.717) is 11.8 Å². The molecule has 2 saturated carbocycles. The van der Waals surface area contributed by atoms with Gasteiger partial charge in [0.15, 0.2) is 0 Å². The Kier molecular flexibility index (Phi) is 5.82. The van der Waals surface area contributed by atoms with Crippen molar-refractivity contribution in [2.24, 2.45) is 17.8 Å². The lowest BCUT2D eigenvalue weighted by Gasteiger charge is -2.28. The zero-order valence-corrected chi connectivity index (χ0v) is 14.7. The Morgan fingerprint density at radius 2 is 2.13 bits per heavy atom. The Balaban J connectivity index is 1.33. The predicted octanol–water partition coefficient (Wildman–Crippen LogP) is 4.37. The molecule has 2 nitrogen and oxygen atoms in total. The lowest BCUT2D eigenvalue weighted by atomic mass is 9.84. The monoisotopic (exact) mass is 329 g/mol. The van der Waals surface area contributed by atoms with Crippen LogP contribution in [0.5, 0.6) is 0 Å². The third kappa shape index (κ3) is 4.63. The summed E-state index contributed by atoms with van der Waals surface area (Å²) in [6, 6.07) is 10.6. The van der Waals surface area contributed by atoms with Crippen LogP contribution in [0, 0.1) is 17.8 Å². The Labute approximate surface area is 144 Å². The van der Waals surface area contributed by atoms with E-state index < -0.39 is 0 Å². The summed E-state index contributed by atoms with van der Waals surface area (Å²) in [7, 11) is 0. The highest BCUT2D eigenvalue weighted by molar-refractivity contribution is 8.00. The van der Waals surface area contributed by atoms with Crippen LogP contribution >= 0.6 is 11.8 Å². The molecule has 0 heterocycles. The van der Waals surface area contributed by atoms with Gasteiger partial charge in [-0.2, -0.15) is 0 Å². The average Bonchev–Trinajstić information content (AvgIpc) is 3.18. The highest BCUT2D eigenvalue weighted by Crippen LogP contribution is 2.49. The van der Waals surface area contributed by atoms with Crippen LogP contribution in [0.3, 0.4) is 0 Å². The number of carbonyl (C=O) groups is 1. The maximum absolute atomic E-state index is 12.1. The van der Waals surface area contributed by atoms with Gasteiger partial charge in [-0.05, 0) is 49.5 Å². The fourth-order valence-electron chi connectivity index (χ4n) is 4.28. The number of hydrogen-bond acceptors (Lipinski definition) is 2. The third-order valence-electron chi connectivity index (χ3n) is 5.38. The molecule has 2 aliphatic rings. The summed E-state index contributed by atoms with van der Waals surface area (Å²) >= 11 is 1.68. The number of nitrogens with one attached hydrogen (secondary N) is 1. The van der Waals surface area contributed by atoms with Crippen molar-refractivity contribution in [2.45, 2.75) is 38.6 Å². The van der Waals surface area contributed by atoms with Crippen molar-refractivity contribution in [1.82, 2.24) is 5.32 Å². The van der Waals surface area contributed by atoms with Gasteiger partial charge in [0, 0.05) is 11.8 Å². The average molecular weight is 330 g/mol. The van der Waals surface area contributed by atoms with Gasteiger partial charge < -0.3 is 5.32 Å². The molecule has 124 valence electrons. The Bertz CT molecular complexity index is 542. The topological polar surface area (TPSA) is 29.1 Å². The van der Waals surface area contributed by atoms with Crippen LogP contribution in [0.1, 0.15) is 38.2 Å². The van der Waals surface area contributed by atoms with Crippen molar-refractivity contribution in [1.29, 1.82) is 0 Å². The quantitative estimate of drug-likeness (QED) is 0.752. The summed E-state index contributed by atoms with van der Waals surface area (Å²) < 4.78 is 0. The van der Waals surface area contributed by atoms with E-state index >= 15 is 0 Å². The van der Waals surface area contributed by atoms with Crippen LogP contribution in [0.4, 0.5) is 0 Å². The summed E-state index contributed by atoms with van der Waals surface area (Å²) in [6.45, 7) is 2.20. The zero-order valence-electron chi connectivity index (χ0n) is 13.9. The summed E-state index contributed by atoms with van der Waals surface area (Å²) in [5.74, 6) is 4.17. The number of thioether (sulfide) groups is 1. The van der Waals surface area contributed by atoms with E-state index in [0.717, 1.165) is 23.5 Å². The summed E-state index contributed by atoms with van der Waals surface area (Å²) in [5, 5.41) is 3.23. The molecule has 3 heteroatoms. The van der Waals surface area contributed by atoms with Crippen molar-refractivity contribution in [3.8, 4) is 0 Å². The number of rotatable bonds is 7. The van der Waals surface area contributed by atoms with Gasteiger partial charge in [0.25, 0.3) is 0 Å². The molecule has 2 fully saturated rings. The Hall–Kier alpha value is -1.22. The minimum Gasteiger partial charge on any atom is -0.353 e. The van der Waals surface area contributed by atoms with E-state index in [9.17, 15) is 4.79 Å². The lowest BCUT2D eigenvalue weighted by Crippen LogP contribution is -2.40. The molecular formula is C20H27NOS. The third-order valence-corrected chi connectivity index (χ3v) is 6.28. The fourth-order valence-corrected chi connectivity index (χ4v) is 4.90. The van der Waals surface area contributed by atoms with Gasteiger partial charge in [-0.3, -0.25) is 4.79 Å². The van der Waals surface area contributed by atoms with Gasteiger partial charge in [-0.1, -0.05) is 48.9 Å². The van der Waals surface area contributed by atoms with Crippen LogP contribution in [0.25, 0.3) is 6.08 Å². The molecule has 2 bridgehead atoms. The molecule has 23 heavy (non-hydrogen) atoms. The van der Waals surface area contributed by atoms with Crippen molar-refractivity contribution < 1.29 is 4.79 Å². The number of benzene rings is 1. The second kappa shape index (κ2) is 8.05. The number of amides is 1. The van der Waals surface area contributed by atoms with Gasteiger partial charge in [0.05, 0.1) is 5.75 Å². The molecule has 0 aromatic heterocycles. The number of fused-ring (bicyclic) bond motifs is 2. The molecule has 1 amide bonds. The largest absolute Gasteiger partial charge is 0.353 e. The van der Waals surface area contributed by atoms with E-state index in [1.54, 1.807) is 11.8 Å². The number of hydrogen-bond donors (Lipinski definition) is 1. The molecule has 0 spiro atoms. The predicted molar refractivity (Wildman–Crippen MR) is 99.3 cm³/mol. The first kappa shape index (κ1) is 16.6. The summed E-state index contributed by atoms with van der Waals surface area (Å²) in [5.41, 5.74) is 1.21. The standard InChI is InChI=1S/C20H27NOS/c1-15(19-13-17-9-10-18(19)12-17)21-20(22)14-23-11-5-8-16-6-3-2-4-7-16/h2-8,15,17-19H,9-14H2,1H3,(H,21,22)/b8-5+/t15-,17-,18-,19-/m0/s1.